The molecular formula is C19H25N3O2. The minimum absolute atomic E-state index is 0.0102. The number of rotatable bonds is 5. The Hall–Kier alpha value is -2.14. The lowest BCUT2D eigenvalue weighted by molar-refractivity contribution is -0.127. The molecule has 5 heteroatoms. The molecule has 1 heterocycles. The minimum atomic E-state index is -0.621. The first-order valence-corrected chi connectivity index (χ1v) is 8.41. The van der Waals surface area contributed by atoms with Crippen molar-refractivity contribution in [2.75, 3.05) is 0 Å². The van der Waals surface area contributed by atoms with E-state index in [4.69, 9.17) is 0 Å². The Kier molecular flexibility index (Phi) is 4.45. The fourth-order valence-electron chi connectivity index (χ4n) is 3.28. The van der Waals surface area contributed by atoms with Crippen LogP contribution in [-0.2, 0) is 17.3 Å². The second-order valence-corrected chi connectivity index (χ2v) is 7.27. The number of carbonyl (C=O) groups is 1. The molecule has 0 unspecified atom stereocenters. The molecule has 1 aromatic carbocycles. The minimum Gasteiger partial charge on any atom is -0.393 e. The van der Waals surface area contributed by atoms with Crippen LogP contribution in [0, 0.1) is 5.92 Å². The molecule has 1 aromatic heterocycles. The number of nitrogens with zero attached hydrogens (tertiary/aromatic N) is 2. The van der Waals surface area contributed by atoms with Gasteiger partial charge in [0.25, 0.3) is 0 Å². The smallest absolute Gasteiger partial charge is 0.230 e. The maximum Gasteiger partial charge on any atom is 0.230 e. The summed E-state index contributed by atoms with van der Waals surface area (Å²) in [4.78, 5) is 13.0. The number of carbonyl (C=O) groups excluding carboxylic acids is 1. The van der Waals surface area contributed by atoms with Crippen LogP contribution >= 0.6 is 0 Å². The van der Waals surface area contributed by atoms with E-state index in [0.29, 0.717) is 12.8 Å². The molecule has 1 amide bonds. The van der Waals surface area contributed by atoms with Gasteiger partial charge in [0.05, 0.1) is 23.8 Å². The summed E-state index contributed by atoms with van der Waals surface area (Å²) in [7, 11) is 1.87. The highest BCUT2D eigenvalue weighted by atomic mass is 16.3. The van der Waals surface area contributed by atoms with Crippen molar-refractivity contribution >= 4 is 5.91 Å². The van der Waals surface area contributed by atoms with Crippen molar-refractivity contribution in [2.45, 2.75) is 44.2 Å². The van der Waals surface area contributed by atoms with Gasteiger partial charge in [-0.3, -0.25) is 9.48 Å². The molecule has 0 bridgehead atoms. The summed E-state index contributed by atoms with van der Waals surface area (Å²) >= 11 is 0. The molecule has 1 saturated carbocycles. The summed E-state index contributed by atoms with van der Waals surface area (Å²) in [5.41, 5.74) is 1.36. The maximum absolute atomic E-state index is 13.0. The van der Waals surface area contributed by atoms with Crippen molar-refractivity contribution in [3.05, 3.63) is 53.9 Å². The van der Waals surface area contributed by atoms with Crippen molar-refractivity contribution < 1.29 is 9.90 Å². The Morgan fingerprint density at radius 2 is 2.00 bits per heavy atom. The average Bonchev–Trinajstić information content (AvgIpc) is 2.96. The SMILES string of the molecule is Cn1cc([C@H](NC(=O)C(C)(C)c2ccccc2)C2CC(O)C2)cn1. The maximum atomic E-state index is 13.0. The molecule has 0 radical (unpaired) electrons. The number of benzene rings is 1. The second kappa shape index (κ2) is 6.40. The molecule has 2 N–H and O–H groups in total. The fraction of sp³-hybridized carbons (Fsp3) is 0.474. The Morgan fingerprint density at radius 3 is 2.54 bits per heavy atom. The number of aliphatic hydroxyl groups excluding tert-OH is 1. The van der Waals surface area contributed by atoms with Crippen LogP contribution in [0.25, 0.3) is 0 Å². The zero-order valence-electron chi connectivity index (χ0n) is 14.4. The zero-order chi connectivity index (χ0) is 17.3. The lowest BCUT2D eigenvalue weighted by Crippen LogP contribution is -2.47. The highest BCUT2D eigenvalue weighted by molar-refractivity contribution is 5.87. The Morgan fingerprint density at radius 1 is 1.33 bits per heavy atom. The van der Waals surface area contributed by atoms with Gasteiger partial charge >= 0.3 is 0 Å². The van der Waals surface area contributed by atoms with Crippen molar-refractivity contribution in [3.63, 3.8) is 0 Å². The predicted molar refractivity (Wildman–Crippen MR) is 92.3 cm³/mol. The van der Waals surface area contributed by atoms with E-state index in [2.05, 4.69) is 10.4 Å². The van der Waals surface area contributed by atoms with Crippen LogP contribution in [0.3, 0.4) is 0 Å². The Bertz CT molecular complexity index is 702. The molecule has 0 saturated heterocycles. The first kappa shape index (κ1) is 16.7. The molecule has 1 fully saturated rings. The topological polar surface area (TPSA) is 67.2 Å². The van der Waals surface area contributed by atoms with Gasteiger partial charge in [-0.05, 0) is 38.2 Å². The lowest BCUT2D eigenvalue weighted by atomic mass is 9.75. The summed E-state index contributed by atoms with van der Waals surface area (Å²) in [6, 6.07) is 9.69. The highest BCUT2D eigenvalue weighted by Crippen LogP contribution is 2.38. The van der Waals surface area contributed by atoms with Gasteiger partial charge in [-0.15, -0.1) is 0 Å². The Balaban J connectivity index is 1.80. The molecule has 1 aliphatic carbocycles. The molecule has 5 nitrogen and oxygen atoms in total. The largest absolute Gasteiger partial charge is 0.393 e. The third-order valence-electron chi connectivity index (χ3n) is 5.05. The summed E-state index contributed by atoms with van der Waals surface area (Å²) in [6.45, 7) is 3.88. The summed E-state index contributed by atoms with van der Waals surface area (Å²) in [6.07, 6.45) is 4.90. The number of hydrogen-bond acceptors (Lipinski definition) is 3. The standard InChI is InChI=1S/C19H25N3O2/c1-19(2,15-7-5-4-6-8-15)18(24)21-17(13-9-16(23)10-13)14-11-20-22(3)12-14/h4-8,11-13,16-17,23H,9-10H2,1-3H3,(H,21,24)/t13?,16?,17-/m1/s1. The van der Waals surface area contributed by atoms with Gasteiger partial charge in [-0.25, -0.2) is 0 Å². The normalized spacial score (nSPS) is 21.8. The number of aliphatic hydroxyl groups is 1. The summed E-state index contributed by atoms with van der Waals surface area (Å²) in [5, 5.41) is 17.1. The van der Waals surface area contributed by atoms with Gasteiger partial charge in [0.2, 0.25) is 5.91 Å². The zero-order valence-corrected chi connectivity index (χ0v) is 14.4. The molecule has 0 spiro atoms. The highest BCUT2D eigenvalue weighted by Gasteiger charge is 2.39. The molecule has 128 valence electrons. The summed E-state index contributed by atoms with van der Waals surface area (Å²) < 4.78 is 1.74. The van der Waals surface area contributed by atoms with E-state index in [1.807, 2.05) is 57.4 Å². The van der Waals surface area contributed by atoms with Crippen LogP contribution in [0.2, 0.25) is 0 Å². The molecule has 1 aliphatic rings. The number of amides is 1. The number of hydrogen-bond donors (Lipinski definition) is 2. The van der Waals surface area contributed by atoms with Crippen LogP contribution in [0.1, 0.15) is 43.9 Å². The second-order valence-electron chi connectivity index (χ2n) is 7.27. The van der Waals surface area contributed by atoms with Gasteiger partial charge in [-0.1, -0.05) is 30.3 Å². The van der Waals surface area contributed by atoms with Crippen LogP contribution in [0.4, 0.5) is 0 Å². The van der Waals surface area contributed by atoms with Crippen molar-refractivity contribution in [1.82, 2.24) is 15.1 Å². The van der Waals surface area contributed by atoms with Crippen molar-refractivity contribution in [3.8, 4) is 0 Å². The third-order valence-corrected chi connectivity index (χ3v) is 5.05. The van der Waals surface area contributed by atoms with Gasteiger partial charge in [-0.2, -0.15) is 5.10 Å². The van der Waals surface area contributed by atoms with Gasteiger partial charge < -0.3 is 10.4 Å². The molecular weight excluding hydrogens is 302 g/mol. The average molecular weight is 327 g/mol. The van der Waals surface area contributed by atoms with E-state index in [1.165, 1.54) is 0 Å². The van der Waals surface area contributed by atoms with Crippen molar-refractivity contribution in [1.29, 1.82) is 0 Å². The summed E-state index contributed by atoms with van der Waals surface area (Å²) in [5.74, 6) is 0.240. The van der Waals surface area contributed by atoms with Crippen LogP contribution in [0.15, 0.2) is 42.7 Å². The van der Waals surface area contributed by atoms with E-state index in [9.17, 15) is 9.90 Å². The van der Waals surface area contributed by atoms with E-state index in [0.717, 1.165) is 11.1 Å². The number of aromatic nitrogens is 2. The van der Waals surface area contributed by atoms with Crippen LogP contribution in [0.5, 0.6) is 0 Å². The first-order chi connectivity index (χ1) is 11.4. The monoisotopic (exact) mass is 327 g/mol. The number of nitrogens with one attached hydrogen (secondary N) is 1. The van der Waals surface area contributed by atoms with E-state index in [1.54, 1.807) is 10.9 Å². The molecule has 24 heavy (non-hydrogen) atoms. The third kappa shape index (κ3) is 3.22. The fourth-order valence-corrected chi connectivity index (χ4v) is 3.28. The predicted octanol–water partition coefficient (Wildman–Crippen LogP) is 2.33. The Labute approximate surface area is 142 Å². The van der Waals surface area contributed by atoms with Gasteiger partial charge in [0, 0.05) is 18.8 Å². The lowest BCUT2D eigenvalue weighted by Gasteiger charge is -2.39. The van der Waals surface area contributed by atoms with E-state index >= 15 is 0 Å². The van der Waals surface area contributed by atoms with Crippen LogP contribution in [-0.4, -0.2) is 26.9 Å². The molecule has 1 atom stereocenters. The first-order valence-electron chi connectivity index (χ1n) is 8.41. The molecule has 3 rings (SSSR count). The van der Waals surface area contributed by atoms with Gasteiger partial charge in [0.15, 0.2) is 0 Å². The van der Waals surface area contributed by atoms with E-state index < -0.39 is 5.41 Å². The van der Waals surface area contributed by atoms with E-state index in [-0.39, 0.29) is 24.0 Å². The van der Waals surface area contributed by atoms with Gasteiger partial charge in [0.1, 0.15) is 0 Å². The quantitative estimate of drug-likeness (QED) is 0.886. The van der Waals surface area contributed by atoms with Crippen LogP contribution < -0.4 is 5.32 Å². The van der Waals surface area contributed by atoms with Crippen molar-refractivity contribution in [2.24, 2.45) is 13.0 Å². The molecule has 2 aromatic rings. The molecule has 0 aliphatic heterocycles. The number of aryl methyl sites for hydroxylation is 1.